The van der Waals surface area contributed by atoms with Crippen LogP contribution in [0.2, 0.25) is 0 Å². The molecule has 0 aliphatic heterocycles. The minimum atomic E-state index is 1.13. The van der Waals surface area contributed by atoms with Gasteiger partial charge in [-0.1, -0.05) is 133 Å². The highest BCUT2D eigenvalue weighted by molar-refractivity contribution is 6.17. The lowest BCUT2D eigenvalue weighted by atomic mass is 9.93. The first-order chi connectivity index (χ1) is 23.3. The van der Waals surface area contributed by atoms with Gasteiger partial charge in [0.2, 0.25) is 0 Å². The minimum Gasteiger partial charge on any atom is -0.311 e. The number of hydrogen-bond acceptors (Lipinski definition) is 1. The quantitative estimate of drug-likeness (QED) is 0.178. The molecular formula is C46H31N. The van der Waals surface area contributed by atoms with Crippen LogP contribution < -0.4 is 4.90 Å². The van der Waals surface area contributed by atoms with Crippen molar-refractivity contribution in [2.75, 3.05) is 4.90 Å². The Balaban J connectivity index is 1.05. The van der Waals surface area contributed by atoms with E-state index in [1.165, 1.54) is 65.3 Å². The van der Waals surface area contributed by atoms with Crippen LogP contribution in [-0.4, -0.2) is 0 Å². The fraction of sp³-hybridized carbons (Fsp3) is 0. The lowest BCUT2D eigenvalue weighted by Gasteiger charge is -2.25. The molecule has 0 aromatic heterocycles. The van der Waals surface area contributed by atoms with Crippen molar-refractivity contribution in [2.45, 2.75) is 0 Å². The van der Waals surface area contributed by atoms with E-state index in [0.29, 0.717) is 0 Å². The Morgan fingerprint density at radius 3 is 1.30 bits per heavy atom. The third kappa shape index (κ3) is 4.90. The fourth-order valence-corrected chi connectivity index (χ4v) is 7.01. The van der Waals surface area contributed by atoms with E-state index in [0.717, 1.165) is 17.1 Å². The first kappa shape index (κ1) is 27.2. The second kappa shape index (κ2) is 11.3. The summed E-state index contributed by atoms with van der Waals surface area (Å²) in [6.45, 7) is 0. The van der Waals surface area contributed by atoms with Gasteiger partial charge in [-0.15, -0.1) is 0 Å². The fourth-order valence-electron chi connectivity index (χ4n) is 7.01. The zero-order valence-corrected chi connectivity index (χ0v) is 25.8. The molecular weight excluding hydrogens is 567 g/mol. The van der Waals surface area contributed by atoms with Crippen molar-refractivity contribution in [3.05, 3.63) is 188 Å². The molecule has 0 atom stereocenters. The molecule has 0 N–H and O–H groups in total. The molecule has 1 nitrogen and oxygen atoms in total. The summed E-state index contributed by atoms with van der Waals surface area (Å²) in [4.78, 5) is 2.30. The van der Waals surface area contributed by atoms with Gasteiger partial charge in [0, 0.05) is 17.1 Å². The van der Waals surface area contributed by atoms with Gasteiger partial charge in [-0.05, 0) is 120 Å². The van der Waals surface area contributed by atoms with Crippen LogP contribution in [0.25, 0.3) is 65.3 Å². The Morgan fingerprint density at radius 1 is 0.234 bits per heavy atom. The molecule has 0 saturated carbocycles. The molecule has 0 fully saturated rings. The Morgan fingerprint density at radius 2 is 0.660 bits per heavy atom. The predicted octanol–water partition coefficient (Wildman–Crippen LogP) is 13.1. The maximum absolute atomic E-state index is 2.36. The number of fused-ring (bicyclic) bond motifs is 6. The summed E-state index contributed by atoms with van der Waals surface area (Å²) < 4.78 is 0. The van der Waals surface area contributed by atoms with Gasteiger partial charge in [-0.2, -0.15) is 0 Å². The third-order valence-electron chi connectivity index (χ3n) is 9.40. The Labute approximate surface area is 274 Å². The van der Waals surface area contributed by atoms with Crippen molar-refractivity contribution in [1.29, 1.82) is 0 Å². The standard InChI is InChI=1S/C46H31N/c1-3-10-40(11-4-1)47(41-12-5-2-6-13-41)42-25-21-32(22-26-42)35-17-18-37-30-38(20-19-36(37)29-35)39-16-15-34-24-27-44-43-14-8-7-9-33(43)23-28-45(44)46(34)31-39/h1-31H. The van der Waals surface area contributed by atoms with Gasteiger partial charge in [0.1, 0.15) is 0 Å². The molecule has 0 saturated heterocycles. The summed E-state index contributed by atoms with van der Waals surface area (Å²) in [6.07, 6.45) is 0. The molecule has 0 spiro atoms. The summed E-state index contributed by atoms with van der Waals surface area (Å²) in [5.41, 5.74) is 8.30. The van der Waals surface area contributed by atoms with Crippen LogP contribution in [0.3, 0.4) is 0 Å². The molecule has 0 aliphatic rings. The van der Waals surface area contributed by atoms with Gasteiger partial charge in [0.05, 0.1) is 0 Å². The second-order valence-electron chi connectivity index (χ2n) is 12.2. The van der Waals surface area contributed by atoms with Crippen molar-refractivity contribution in [3.63, 3.8) is 0 Å². The molecule has 0 radical (unpaired) electrons. The topological polar surface area (TPSA) is 3.24 Å². The lowest BCUT2D eigenvalue weighted by Crippen LogP contribution is -2.09. The van der Waals surface area contributed by atoms with E-state index in [1.54, 1.807) is 0 Å². The maximum atomic E-state index is 2.36. The van der Waals surface area contributed by atoms with Crippen LogP contribution in [0.5, 0.6) is 0 Å². The molecule has 1 heteroatoms. The van der Waals surface area contributed by atoms with E-state index in [1.807, 2.05) is 0 Å². The van der Waals surface area contributed by atoms with Crippen LogP contribution in [0, 0.1) is 0 Å². The van der Waals surface area contributed by atoms with Gasteiger partial charge < -0.3 is 4.90 Å². The third-order valence-corrected chi connectivity index (χ3v) is 9.40. The molecule has 0 bridgehead atoms. The monoisotopic (exact) mass is 597 g/mol. The van der Waals surface area contributed by atoms with Crippen LogP contribution in [-0.2, 0) is 0 Å². The first-order valence-corrected chi connectivity index (χ1v) is 16.2. The minimum absolute atomic E-state index is 1.13. The molecule has 0 aliphatic carbocycles. The van der Waals surface area contributed by atoms with Gasteiger partial charge >= 0.3 is 0 Å². The summed E-state index contributed by atoms with van der Waals surface area (Å²) in [5.74, 6) is 0. The number of rotatable bonds is 5. The van der Waals surface area contributed by atoms with Crippen molar-refractivity contribution < 1.29 is 0 Å². The van der Waals surface area contributed by atoms with Crippen LogP contribution in [0.1, 0.15) is 0 Å². The van der Waals surface area contributed by atoms with E-state index < -0.39 is 0 Å². The first-order valence-electron chi connectivity index (χ1n) is 16.2. The van der Waals surface area contributed by atoms with Gasteiger partial charge in [0.25, 0.3) is 0 Å². The SMILES string of the molecule is c1ccc(N(c2ccccc2)c2ccc(-c3ccc4cc(-c5ccc6ccc7c8ccccc8ccc7c6c5)ccc4c3)cc2)cc1. The Hall–Kier alpha value is -6.18. The molecule has 0 heterocycles. The number of benzene rings is 9. The Bertz CT molecular complexity index is 2510. The summed E-state index contributed by atoms with van der Waals surface area (Å²) in [5, 5.41) is 10.2. The molecule has 9 rings (SSSR count). The lowest BCUT2D eigenvalue weighted by molar-refractivity contribution is 1.28. The molecule has 9 aromatic rings. The average Bonchev–Trinajstić information content (AvgIpc) is 3.15. The Kier molecular flexibility index (Phi) is 6.54. The highest BCUT2D eigenvalue weighted by Crippen LogP contribution is 2.37. The zero-order chi connectivity index (χ0) is 31.2. The van der Waals surface area contributed by atoms with E-state index in [-0.39, 0.29) is 0 Å². The van der Waals surface area contributed by atoms with Crippen molar-refractivity contribution in [3.8, 4) is 22.3 Å². The van der Waals surface area contributed by atoms with Crippen molar-refractivity contribution in [2.24, 2.45) is 0 Å². The highest BCUT2D eigenvalue weighted by atomic mass is 15.1. The molecule has 0 amide bonds. The van der Waals surface area contributed by atoms with Crippen LogP contribution in [0.4, 0.5) is 17.1 Å². The maximum Gasteiger partial charge on any atom is 0.0462 e. The smallest absolute Gasteiger partial charge is 0.0462 e. The van der Waals surface area contributed by atoms with Gasteiger partial charge in [-0.3, -0.25) is 0 Å². The van der Waals surface area contributed by atoms with Crippen molar-refractivity contribution >= 4 is 60.2 Å². The molecule has 9 aromatic carbocycles. The van der Waals surface area contributed by atoms with Crippen LogP contribution >= 0.6 is 0 Å². The zero-order valence-electron chi connectivity index (χ0n) is 25.8. The summed E-state index contributed by atoms with van der Waals surface area (Å²) in [7, 11) is 0. The van der Waals surface area contributed by atoms with E-state index in [2.05, 4.69) is 193 Å². The number of para-hydroxylation sites is 2. The molecule has 220 valence electrons. The normalized spacial score (nSPS) is 11.4. The number of anilines is 3. The summed E-state index contributed by atoms with van der Waals surface area (Å²) >= 11 is 0. The van der Waals surface area contributed by atoms with E-state index >= 15 is 0 Å². The summed E-state index contributed by atoms with van der Waals surface area (Å²) in [6, 6.07) is 68.2. The number of nitrogens with zero attached hydrogens (tertiary/aromatic N) is 1. The van der Waals surface area contributed by atoms with Crippen LogP contribution in [0.15, 0.2) is 188 Å². The van der Waals surface area contributed by atoms with Gasteiger partial charge in [0.15, 0.2) is 0 Å². The van der Waals surface area contributed by atoms with Crippen molar-refractivity contribution in [1.82, 2.24) is 0 Å². The van der Waals surface area contributed by atoms with Gasteiger partial charge in [-0.25, -0.2) is 0 Å². The average molecular weight is 598 g/mol. The van der Waals surface area contributed by atoms with E-state index in [9.17, 15) is 0 Å². The molecule has 0 unspecified atom stereocenters. The largest absolute Gasteiger partial charge is 0.311 e. The highest BCUT2D eigenvalue weighted by Gasteiger charge is 2.12. The molecule has 47 heavy (non-hydrogen) atoms. The second-order valence-corrected chi connectivity index (χ2v) is 12.2. The number of hydrogen-bond donors (Lipinski definition) is 0. The van der Waals surface area contributed by atoms with E-state index in [4.69, 9.17) is 0 Å². The predicted molar refractivity (Wildman–Crippen MR) is 202 cm³/mol.